The molecule has 3 aromatic carbocycles. The van der Waals surface area contributed by atoms with Gasteiger partial charge in [-0.3, -0.25) is 0 Å². The number of urea groups is 1. The summed E-state index contributed by atoms with van der Waals surface area (Å²) in [5, 5.41) is 6.02. The van der Waals surface area contributed by atoms with Crippen molar-refractivity contribution in [2.45, 2.75) is 31.8 Å². The van der Waals surface area contributed by atoms with E-state index >= 15 is 0 Å². The highest BCUT2D eigenvalue weighted by Gasteiger charge is 2.38. The zero-order chi connectivity index (χ0) is 21.0. The molecule has 30 heavy (non-hydrogen) atoms. The molecule has 1 aliphatic heterocycles. The lowest BCUT2D eigenvalue weighted by molar-refractivity contribution is -0.284. The van der Waals surface area contributed by atoms with E-state index in [0.29, 0.717) is 6.61 Å². The van der Waals surface area contributed by atoms with Gasteiger partial charge in [0.15, 0.2) is 5.79 Å². The van der Waals surface area contributed by atoms with Crippen LogP contribution in [0.3, 0.4) is 0 Å². The first-order valence-electron chi connectivity index (χ1n) is 10.1. The number of hydrogen-bond donors (Lipinski definition) is 2. The Kier molecular flexibility index (Phi) is 5.84. The summed E-state index contributed by atoms with van der Waals surface area (Å²) in [6.07, 6.45) is -0.301. The van der Waals surface area contributed by atoms with Gasteiger partial charge in [0.25, 0.3) is 0 Å². The number of anilines is 1. The Hall–Kier alpha value is -3.15. The first kappa shape index (κ1) is 20.1. The SMILES string of the molecule is CC1(C)OCC(NC(=O)Nc2ccccc2-c2ccccc2)C(c2ccccc2)O1. The van der Waals surface area contributed by atoms with Crippen LogP contribution in [0.2, 0.25) is 0 Å². The van der Waals surface area contributed by atoms with Gasteiger partial charge >= 0.3 is 6.03 Å². The molecule has 2 unspecified atom stereocenters. The summed E-state index contributed by atoms with van der Waals surface area (Å²) in [4.78, 5) is 12.9. The van der Waals surface area contributed by atoms with Crippen molar-refractivity contribution in [1.29, 1.82) is 0 Å². The molecular formula is C25H26N2O3. The molecule has 0 saturated carbocycles. The van der Waals surface area contributed by atoms with Crippen LogP contribution >= 0.6 is 0 Å². The van der Waals surface area contributed by atoms with Gasteiger partial charge in [0.1, 0.15) is 6.10 Å². The standard InChI is InChI=1S/C25H26N2O3/c1-25(2)29-17-22(23(30-25)19-13-7-4-8-14-19)27-24(28)26-21-16-10-9-15-20(21)18-11-5-3-6-12-18/h3-16,22-23H,17H2,1-2H3,(H2,26,27,28). The molecule has 3 aromatic rings. The number of hydrogen-bond acceptors (Lipinski definition) is 3. The van der Waals surface area contributed by atoms with E-state index in [4.69, 9.17) is 9.47 Å². The second-order valence-electron chi connectivity index (χ2n) is 7.78. The summed E-state index contributed by atoms with van der Waals surface area (Å²) in [7, 11) is 0. The summed E-state index contributed by atoms with van der Waals surface area (Å²) < 4.78 is 12.0. The maximum atomic E-state index is 12.9. The van der Waals surface area contributed by atoms with Gasteiger partial charge in [-0.25, -0.2) is 4.79 Å². The van der Waals surface area contributed by atoms with Crippen molar-refractivity contribution < 1.29 is 14.3 Å². The average Bonchev–Trinajstić information content (AvgIpc) is 2.76. The second kappa shape index (κ2) is 8.69. The molecule has 0 radical (unpaired) electrons. The fraction of sp³-hybridized carbons (Fsp3) is 0.240. The van der Waals surface area contributed by atoms with Crippen molar-refractivity contribution in [2.75, 3.05) is 11.9 Å². The Morgan fingerprint density at radius 2 is 1.53 bits per heavy atom. The summed E-state index contributed by atoms with van der Waals surface area (Å²) >= 11 is 0. The minimum atomic E-state index is -0.713. The highest BCUT2D eigenvalue weighted by Crippen LogP contribution is 2.33. The molecule has 2 N–H and O–H groups in total. The first-order chi connectivity index (χ1) is 14.5. The molecule has 0 aromatic heterocycles. The molecule has 1 heterocycles. The van der Waals surface area contributed by atoms with E-state index < -0.39 is 5.79 Å². The molecule has 0 bridgehead atoms. The van der Waals surface area contributed by atoms with Crippen LogP contribution in [0.1, 0.15) is 25.5 Å². The number of ether oxygens (including phenoxy) is 2. The fourth-order valence-corrected chi connectivity index (χ4v) is 3.65. The lowest BCUT2D eigenvalue weighted by Gasteiger charge is -2.41. The normalized spacial score (nSPS) is 20.3. The van der Waals surface area contributed by atoms with Gasteiger partial charge in [0.2, 0.25) is 0 Å². The summed E-state index contributed by atoms with van der Waals surface area (Å²) in [5.41, 5.74) is 3.76. The van der Waals surface area contributed by atoms with Crippen LogP contribution in [0.15, 0.2) is 84.9 Å². The molecule has 2 amide bonds. The molecule has 1 fully saturated rings. The lowest BCUT2D eigenvalue weighted by atomic mass is 10.0. The molecule has 4 rings (SSSR count). The maximum absolute atomic E-state index is 12.9. The average molecular weight is 402 g/mol. The number of amides is 2. The molecule has 154 valence electrons. The number of benzene rings is 3. The highest BCUT2D eigenvalue weighted by molar-refractivity contribution is 5.94. The summed E-state index contributed by atoms with van der Waals surface area (Å²) in [6.45, 7) is 4.13. The zero-order valence-corrected chi connectivity index (χ0v) is 17.2. The molecule has 2 atom stereocenters. The Morgan fingerprint density at radius 3 is 2.27 bits per heavy atom. The molecule has 5 nitrogen and oxygen atoms in total. The van der Waals surface area contributed by atoms with Crippen molar-refractivity contribution >= 4 is 11.7 Å². The minimum Gasteiger partial charge on any atom is -0.348 e. The van der Waals surface area contributed by atoms with Crippen molar-refractivity contribution in [2.24, 2.45) is 0 Å². The maximum Gasteiger partial charge on any atom is 0.319 e. The van der Waals surface area contributed by atoms with Crippen LogP contribution < -0.4 is 10.6 Å². The predicted molar refractivity (Wildman–Crippen MR) is 118 cm³/mol. The zero-order valence-electron chi connectivity index (χ0n) is 17.2. The molecular weight excluding hydrogens is 376 g/mol. The van der Waals surface area contributed by atoms with Crippen LogP contribution in [0.25, 0.3) is 11.1 Å². The Labute approximate surface area is 177 Å². The van der Waals surface area contributed by atoms with Gasteiger partial charge in [-0.1, -0.05) is 78.9 Å². The van der Waals surface area contributed by atoms with E-state index in [1.54, 1.807) is 0 Å². The van der Waals surface area contributed by atoms with Gasteiger partial charge < -0.3 is 20.1 Å². The minimum absolute atomic E-state index is 0.295. The van der Waals surface area contributed by atoms with Crippen LogP contribution in [-0.4, -0.2) is 24.5 Å². The van der Waals surface area contributed by atoms with Gasteiger partial charge in [-0.15, -0.1) is 0 Å². The molecule has 5 heteroatoms. The number of rotatable bonds is 4. The molecule has 0 aliphatic carbocycles. The van der Waals surface area contributed by atoms with E-state index in [9.17, 15) is 4.79 Å². The number of nitrogens with one attached hydrogen (secondary N) is 2. The topological polar surface area (TPSA) is 59.6 Å². The first-order valence-corrected chi connectivity index (χ1v) is 10.1. The van der Waals surface area contributed by atoms with Crippen molar-refractivity contribution in [3.63, 3.8) is 0 Å². The molecule has 0 spiro atoms. The number of para-hydroxylation sites is 1. The summed E-state index contributed by atoms with van der Waals surface area (Å²) in [5.74, 6) is -0.713. The van der Waals surface area contributed by atoms with E-state index in [1.165, 1.54) is 0 Å². The number of carbonyl (C=O) groups excluding carboxylic acids is 1. The Balaban J connectivity index is 1.51. The monoisotopic (exact) mass is 402 g/mol. The third-order valence-electron chi connectivity index (χ3n) is 5.09. The van der Waals surface area contributed by atoms with Gasteiger partial charge in [0, 0.05) is 5.56 Å². The second-order valence-corrected chi connectivity index (χ2v) is 7.78. The van der Waals surface area contributed by atoms with Crippen molar-refractivity contribution in [3.8, 4) is 11.1 Å². The third kappa shape index (κ3) is 4.70. The smallest absolute Gasteiger partial charge is 0.319 e. The van der Waals surface area contributed by atoms with Crippen LogP contribution in [0, 0.1) is 0 Å². The van der Waals surface area contributed by atoms with Crippen LogP contribution in [-0.2, 0) is 9.47 Å². The van der Waals surface area contributed by atoms with Crippen LogP contribution in [0.5, 0.6) is 0 Å². The van der Waals surface area contributed by atoms with E-state index in [1.807, 2.05) is 98.8 Å². The highest BCUT2D eigenvalue weighted by atomic mass is 16.7. The van der Waals surface area contributed by atoms with E-state index in [2.05, 4.69) is 10.6 Å². The summed E-state index contributed by atoms with van der Waals surface area (Å²) in [6, 6.07) is 27.0. The van der Waals surface area contributed by atoms with Crippen molar-refractivity contribution in [3.05, 3.63) is 90.5 Å². The van der Waals surface area contributed by atoms with E-state index in [-0.39, 0.29) is 18.2 Å². The third-order valence-corrected chi connectivity index (χ3v) is 5.09. The van der Waals surface area contributed by atoms with Crippen molar-refractivity contribution in [1.82, 2.24) is 5.32 Å². The largest absolute Gasteiger partial charge is 0.348 e. The molecule has 1 saturated heterocycles. The quantitative estimate of drug-likeness (QED) is 0.617. The fourth-order valence-electron chi connectivity index (χ4n) is 3.65. The Bertz CT molecular complexity index is 990. The van der Waals surface area contributed by atoms with Gasteiger partial charge in [0.05, 0.1) is 18.3 Å². The lowest BCUT2D eigenvalue weighted by Crippen LogP contribution is -2.52. The van der Waals surface area contributed by atoms with Gasteiger partial charge in [-0.05, 0) is 31.0 Å². The predicted octanol–water partition coefficient (Wildman–Crippen LogP) is 5.37. The molecule has 1 aliphatic rings. The Morgan fingerprint density at radius 1 is 0.900 bits per heavy atom. The van der Waals surface area contributed by atoms with E-state index in [0.717, 1.165) is 22.4 Å². The van der Waals surface area contributed by atoms with Gasteiger partial charge in [-0.2, -0.15) is 0 Å². The van der Waals surface area contributed by atoms with Crippen LogP contribution in [0.4, 0.5) is 10.5 Å². The number of carbonyl (C=O) groups is 1.